The van der Waals surface area contributed by atoms with Gasteiger partial charge in [-0.25, -0.2) is 4.39 Å². The lowest BCUT2D eigenvalue weighted by Gasteiger charge is -2.06. The molecule has 86 valence electrons. The van der Waals surface area contributed by atoms with Crippen LogP contribution in [0.3, 0.4) is 0 Å². The van der Waals surface area contributed by atoms with E-state index < -0.39 is 11.4 Å². The lowest BCUT2D eigenvalue weighted by molar-refractivity contribution is 0.614. The van der Waals surface area contributed by atoms with Gasteiger partial charge in [0, 0.05) is 18.0 Å². The van der Waals surface area contributed by atoms with E-state index in [-0.39, 0.29) is 11.5 Å². The number of allylic oxidation sites excluding steroid dienone is 3. The van der Waals surface area contributed by atoms with E-state index in [0.717, 1.165) is 16.8 Å². The van der Waals surface area contributed by atoms with E-state index >= 15 is 0 Å². The Bertz CT molecular complexity index is 512. The van der Waals surface area contributed by atoms with Crippen LogP contribution in [0.4, 0.5) is 10.1 Å². The van der Waals surface area contributed by atoms with E-state index in [0.29, 0.717) is 5.70 Å². The van der Waals surface area contributed by atoms with Crippen molar-refractivity contribution in [2.45, 2.75) is 6.92 Å². The van der Waals surface area contributed by atoms with Crippen molar-refractivity contribution >= 4 is 11.5 Å². The SMILES string of the molecule is C/C(N)=C/C=C(\N)n1cc(F)cc(N)c1=O. The van der Waals surface area contributed by atoms with Gasteiger partial charge in [0.1, 0.15) is 17.3 Å². The quantitative estimate of drug-likeness (QED) is 0.624. The molecule has 0 atom stereocenters. The fourth-order valence-electron chi connectivity index (χ4n) is 1.06. The smallest absolute Gasteiger partial charge is 0.279 e. The zero-order valence-electron chi connectivity index (χ0n) is 8.77. The van der Waals surface area contributed by atoms with Crippen LogP contribution in [0.5, 0.6) is 0 Å². The van der Waals surface area contributed by atoms with E-state index in [1.165, 1.54) is 12.2 Å². The highest BCUT2D eigenvalue weighted by Gasteiger charge is 2.04. The molecule has 1 aromatic rings. The van der Waals surface area contributed by atoms with Crippen LogP contribution < -0.4 is 22.8 Å². The molecule has 1 aromatic heterocycles. The summed E-state index contributed by atoms with van der Waals surface area (Å²) in [6.45, 7) is 1.66. The first-order valence-corrected chi connectivity index (χ1v) is 4.49. The van der Waals surface area contributed by atoms with Gasteiger partial charge in [-0.05, 0) is 19.1 Å². The van der Waals surface area contributed by atoms with Gasteiger partial charge in [-0.2, -0.15) is 0 Å². The van der Waals surface area contributed by atoms with Crippen LogP contribution in [0.2, 0.25) is 0 Å². The van der Waals surface area contributed by atoms with E-state index in [2.05, 4.69) is 0 Å². The summed E-state index contributed by atoms with van der Waals surface area (Å²) in [6, 6.07) is 0.941. The Morgan fingerprint density at radius 1 is 1.44 bits per heavy atom. The minimum atomic E-state index is -0.637. The van der Waals surface area contributed by atoms with Crippen LogP contribution in [-0.2, 0) is 0 Å². The number of aromatic nitrogens is 1. The summed E-state index contributed by atoms with van der Waals surface area (Å²) >= 11 is 0. The fraction of sp³-hybridized carbons (Fsp3) is 0.100. The zero-order chi connectivity index (χ0) is 12.3. The molecule has 0 aliphatic carbocycles. The number of nitrogens with two attached hydrogens (primary N) is 3. The molecule has 0 aliphatic heterocycles. The maximum Gasteiger partial charge on any atom is 0.279 e. The Labute approximate surface area is 91.7 Å². The number of halogens is 1. The number of hydrogen-bond donors (Lipinski definition) is 3. The molecule has 0 aromatic carbocycles. The third kappa shape index (κ3) is 2.63. The molecule has 0 radical (unpaired) electrons. The topological polar surface area (TPSA) is 100 Å². The van der Waals surface area contributed by atoms with E-state index in [1.54, 1.807) is 6.92 Å². The van der Waals surface area contributed by atoms with E-state index in [1.807, 2.05) is 0 Å². The summed E-state index contributed by atoms with van der Waals surface area (Å²) in [7, 11) is 0. The summed E-state index contributed by atoms with van der Waals surface area (Å²) < 4.78 is 13.9. The first-order chi connectivity index (χ1) is 7.41. The average molecular weight is 224 g/mol. The van der Waals surface area contributed by atoms with E-state index in [4.69, 9.17) is 17.2 Å². The molecule has 5 nitrogen and oxygen atoms in total. The summed E-state index contributed by atoms with van der Waals surface area (Å²) in [6.07, 6.45) is 3.86. The van der Waals surface area contributed by atoms with Crippen molar-refractivity contribution in [1.29, 1.82) is 0 Å². The summed E-state index contributed by atoms with van der Waals surface area (Å²) in [5.41, 5.74) is 16.0. The zero-order valence-corrected chi connectivity index (χ0v) is 8.77. The number of pyridine rings is 1. The molecule has 16 heavy (non-hydrogen) atoms. The Kier molecular flexibility index (Phi) is 3.34. The molecule has 0 fully saturated rings. The van der Waals surface area contributed by atoms with Crippen LogP contribution in [0.1, 0.15) is 6.92 Å². The van der Waals surface area contributed by atoms with Gasteiger partial charge in [0.25, 0.3) is 5.56 Å². The first-order valence-electron chi connectivity index (χ1n) is 4.49. The number of nitrogen functional groups attached to an aromatic ring is 1. The molecular formula is C10H13FN4O. The summed E-state index contributed by atoms with van der Waals surface area (Å²) in [4.78, 5) is 11.5. The second kappa shape index (κ2) is 4.52. The van der Waals surface area contributed by atoms with Gasteiger partial charge in [-0.15, -0.1) is 0 Å². The molecule has 0 saturated carbocycles. The van der Waals surface area contributed by atoms with Crippen molar-refractivity contribution < 1.29 is 4.39 Å². The van der Waals surface area contributed by atoms with Crippen LogP contribution in [-0.4, -0.2) is 4.57 Å². The van der Waals surface area contributed by atoms with Crippen molar-refractivity contribution in [2.24, 2.45) is 11.5 Å². The molecule has 0 aliphatic rings. The van der Waals surface area contributed by atoms with Crippen molar-refractivity contribution in [3.8, 4) is 0 Å². The molecule has 1 rings (SSSR count). The van der Waals surface area contributed by atoms with Crippen molar-refractivity contribution in [3.63, 3.8) is 0 Å². The number of anilines is 1. The average Bonchev–Trinajstić information content (AvgIpc) is 2.19. The molecule has 0 bridgehead atoms. The second-order valence-electron chi connectivity index (χ2n) is 3.29. The number of nitrogens with zero attached hydrogens (tertiary/aromatic N) is 1. The van der Waals surface area contributed by atoms with Gasteiger partial charge in [0.05, 0.1) is 0 Å². The molecule has 0 spiro atoms. The normalized spacial score (nSPS) is 12.9. The van der Waals surface area contributed by atoms with Gasteiger partial charge >= 0.3 is 0 Å². The van der Waals surface area contributed by atoms with Crippen molar-refractivity contribution in [2.75, 3.05) is 5.73 Å². The van der Waals surface area contributed by atoms with Gasteiger partial charge in [0.15, 0.2) is 0 Å². The summed E-state index contributed by atoms with van der Waals surface area (Å²) in [5, 5.41) is 0. The predicted molar refractivity (Wildman–Crippen MR) is 61.5 cm³/mol. The molecule has 6 N–H and O–H groups in total. The Morgan fingerprint density at radius 3 is 2.62 bits per heavy atom. The second-order valence-corrected chi connectivity index (χ2v) is 3.29. The maximum atomic E-state index is 13.0. The van der Waals surface area contributed by atoms with Crippen LogP contribution >= 0.6 is 0 Å². The van der Waals surface area contributed by atoms with Crippen LogP contribution in [0, 0.1) is 5.82 Å². The highest BCUT2D eigenvalue weighted by atomic mass is 19.1. The molecule has 0 unspecified atom stereocenters. The number of hydrogen-bond acceptors (Lipinski definition) is 4. The highest BCUT2D eigenvalue weighted by Crippen LogP contribution is 2.02. The Balaban J connectivity index is 3.29. The minimum absolute atomic E-state index is 0.0426. The lowest BCUT2D eigenvalue weighted by Crippen LogP contribution is -2.25. The van der Waals surface area contributed by atoms with Crippen molar-refractivity contribution in [1.82, 2.24) is 4.57 Å². The molecular weight excluding hydrogens is 211 g/mol. The lowest BCUT2D eigenvalue weighted by atomic mass is 10.3. The monoisotopic (exact) mass is 224 g/mol. The highest BCUT2D eigenvalue weighted by molar-refractivity contribution is 5.48. The minimum Gasteiger partial charge on any atom is -0.402 e. The van der Waals surface area contributed by atoms with Crippen LogP contribution in [0.25, 0.3) is 5.82 Å². The van der Waals surface area contributed by atoms with E-state index in [9.17, 15) is 9.18 Å². The number of rotatable bonds is 2. The fourth-order valence-corrected chi connectivity index (χ4v) is 1.06. The largest absolute Gasteiger partial charge is 0.402 e. The third-order valence-electron chi connectivity index (χ3n) is 1.81. The van der Waals surface area contributed by atoms with Crippen LogP contribution in [0.15, 0.2) is 34.9 Å². The van der Waals surface area contributed by atoms with Gasteiger partial charge in [-0.1, -0.05) is 0 Å². The summed E-state index contributed by atoms with van der Waals surface area (Å²) in [5.74, 6) is -0.595. The first kappa shape index (κ1) is 11.8. The standard InChI is InChI=1S/C10H13FN4O/c1-6(12)2-3-9(14)15-5-7(11)4-8(13)10(15)16/h2-5H,12-14H2,1H3/b6-2-,9-3+. The molecule has 1 heterocycles. The Morgan fingerprint density at radius 2 is 2.06 bits per heavy atom. The molecule has 6 heteroatoms. The molecule has 0 saturated heterocycles. The Hall–Kier alpha value is -2.24. The van der Waals surface area contributed by atoms with Gasteiger partial charge in [0.2, 0.25) is 0 Å². The van der Waals surface area contributed by atoms with Crippen molar-refractivity contribution in [3.05, 3.63) is 46.3 Å². The molecule has 0 amide bonds. The maximum absolute atomic E-state index is 13.0. The predicted octanol–water partition coefficient (Wildman–Crippen LogP) is 0.189. The van der Waals surface area contributed by atoms with Gasteiger partial charge in [-0.3, -0.25) is 9.36 Å². The van der Waals surface area contributed by atoms with Gasteiger partial charge < -0.3 is 17.2 Å². The third-order valence-corrected chi connectivity index (χ3v) is 1.81.